The van der Waals surface area contributed by atoms with Gasteiger partial charge in [0.1, 0.15) is 0 Å². The van der Waals surface area contributed by atoms with Crippen LogP contribution < -0.4 is 5.73 Å². The van der Waals surface area contributed by atoms with Gasteiger partial charge in [-0.2, -0.15) is 0 Å². The van der Waals surface area contributed by atoms with Gasteiger partial charge in [0.15, 0.2) is 0 Å². The molecule has 0 amide bonds. The molecule has 90 valence electrons. The van der Waals surface area contributed by atoms with Crippen LogP contribution in [0, 0.1) is 0 Å². The van der Waals surface area contributed by atoms with Crippen molar-refractivity contribution in [3.8, 4) is 0 Å². The zero-order valence-corrected chi connectivity index (χ0v) is 10.4. The Labute approximate surface area is 98.1 Å². The molecule has 1 aromatic rings. The van der Waals surface area contributed by atoms with Gasteiger partial charge < -0.3 is 10.3 Å². The van der Waals surface area contributed by atoms with E-state index in [-0.39, 0.29) is 0 Å². The Morgan fingerprint density at radius 1 is 1.50 bits per heavy atom. The molecule has 2 N–H and O–H groups in total. The second kappa shape index (κ2) is 5.00. The topological polar surface area (TPSA) is 43.8 Å². The summed E-state index contributed by atoms with van der Waals surface area (Å²) in [4.78, 5) is 4.31. The molecule has 2 rings (SSSR count). The van der Waals surface area contributed by atoms with Crippen LogP contribution in [0.15, 0.2) is 12.5 Å². The maximum atomic E-state index is 6.23. The van der Waals surface area contributed by atoms with Gasteiger partial charge in [-0.3, -0.25) is 0 Å². The van der Waals surface area contributed by atoms with E-state index in [1.165, 1.54) is 25.0 Å². The van der Waals surface area contributed by atoms with Crippen molar-refractivity contribution in [3.05, 3.63) is 18.2 Å². The summed E-state index contributed by atoms with van der Waals surface area (Å²) in [6.07, 6.45) is 10.1. The zero-order valence-electron chi connectivity index (χ0n) is 10.4. The fourth-order valence-corrected chi connectivity index (χ4v) is 2.67. The van der Waals surface area contributed by atoms with Crippen LogP contribution in [-0.4, -0.2) is 15.6 Å². The summed E-state index contributed by atoms with van der Waals surface area (Å²) in [5.74, 6) is 0.580. The molecular weight excluding hydrogens is 198 g/mol. The summed E-state index contributed by atoms with van der Waals surface area (Å²) >= 11 is 0. The first-order valence-electron chi connectivity index (χ1n) is 6.51. The van der Waals surface area contributed by atoms with Gasteiger partial charge in [0.25, 0.3) is 0 Å². The zero-order chi connectivity index (χ0) is 11.5. The van der Waals surface area contributed by atoms with Crippen molar-refractivity contribution in [1.82, 2.24) is 9.55 Å². The van der Waals surface area contributed by atoms with Crippen molar-refractivity contribution in [2.75, 3.05) is 0 Å². The highest BCUT2D eigenvalue weighted by Crippen LogP contribution is 2.30. The smallest absolute Gasteiger partial charge is 0.0951 e. The number of hydrogen-bond donors (Lipinski definition) is 1. The standard InChI is InChI=1S/C13H23N3/c1-3-10(2)13-8-15-9-16(13)12-7-5-4-6-11(12)14/h8-12H,3-7,14H2,1-2H3/t10?,11-,12-/m1/s1. The van der Waals surface area contributed by atoms with Crippen LogP contribution in [0.2, 0.25) is 0 Å². The monoisotopic (exact) mass is 221 g/mol. The number of nitrogens with zero attached hydrogens (tertiary/aromatic N) is 2. The molecule has 1 unspecified atom stereocenters. The van der Waals surface area contributed by atoms with Gasteiger partial charge in [0, 0.05) is 24.0 Å². The summed E-state index contributed by atoms with van der Waals surface area (Å²) in [6, 6.07) is 0.783. The van der Waals surface area contributed by atoms with E-state index < -0.39 is 0 Å². The highest BCUT2D eigenvalue weighted by Gasteiger charge is 2.25. The van der Waals surface area contributed by atoms with Gasteiger partial charge in [-0.15, -0.1) is 0 Å². The fourth-order valence-electron chi connectivity index (χ4n) is 2.67. The van der Waals surface area contributed by atoms with Crippen molar-refractivity contribution in [2.24, 2.45) is 5.73 Å². The number of aromatic nitrogens is 2. The average molecular weight is 221 g/mol. The quantitative estimate of drug-likeness (QED) is 0.853. The Bertz CT molecular complexity index is 332. The molecule has 0 bridgehead atoms. The number of rotatable bonds is 3. The molecule has 16 heavy (non-hydrogen) atoms. The highest BCUT2D eigenvalue weighted by molar-refractivity contribution is 5.07. The largest absolute Gasteiger partial charge is 0.330 e. The SMILES string of the molecule is CCC(C)c1cncn1[C@@H]1CCCC[C@H]1N. The van der Waals surface area contributed by atoms with Crippen LogP contribution in [0.1, 0.15) is 63.6 Å². The Morgan fingerprint density at radius 2 is 2.25 bits per heavy atom. The van der Waals surface area contributed by atoms with E-state index in [2.05, 4.69) is 23.4 Å². The Balaban J connectivity index is 2.22. The van der Waals surface area contributed by atoms with Crippen LogP contribution in [0.5, 0.6) is 0 Å². The summed E-state index contributed by atoms with van der Waals surface area (Å²) in [5, 5.41) is 0. The maximum absolute atomic E-state index is 6.23. The molecule has 1 fully saturated rings. The molecule has 0 saturated heterocycles. The Hall–Kier alpha value is -0.830. The van der Waals surface area contributed by atoms with E-state index in [0.29, 0.717) is 18.0 Å². The molecule has 3 heteroatoms. The van der Waals surface area contributed by atoms with Crippen LogP contribution >= 0.6 is 0 Å². The summed E-state index contributed by atoms with van der Waals surface area (Å²) < 4.78 is 2.33. The van der Waals surface area contributed by atoms with E-state index in [0.717, 1.165) is 12.8 Å². The Morgan fingerprint density at radius 3 is 2.94 bits per heavy atom. The van der Waals surface area contributed by atoms with Gasteiger partial charge in [0.05, 0.1) is 6.33 Å². The number of nitrogens with two attached hydrogens (primary N) is 1. The third kappa shape index (κ3) is 2.14. The highest BCUT2D eigenvalue weighted by atomic mass is 15.1. The third-order valence-electron chi connectivity index (χ3n) is 3.95. The van der Waals surface area contributed by atoms with Crippen molar-refractivity contribution >= 4 is 0 Å². The Kier molecular flexibility index (Phi) is 3.64. The third-order valence-corrected chi connectivity index (χ3v) is 3.95. The number of imidazole rings is 1. The average Bonchev–Trinajstić information content (AvgIpc) is 2.77. The van der Waals surface area contributed by atoms with Crippen molar-refractivity contribution in [2.45, 2.75) is 64.0 Å². The normalized spacial score (nSPS) is 27.9. The molecule has 1 aromatic heterocycles. The first kappa shape index (κ1) is 11.6. The van der Waals surface area contributed by atoms with Crippen LogP contribution in [0.3, 0.4) is 0 Å². The molecule has 1 saturated carbocycles. The van der Waals surface area contributed by atoms with E-state index in [4.69, 9.17) is 5.73 Å². The van der Waals surface area contributed by atoms with Crippen LogP contribution in [0.4, 0.5) is 0 Å². The van der Waals surface area contributed by atoms with E-state index in [9.17, 15) is 0 Å². The second-order valence-corrected chi connectivity index (χ2v) is 5.05. The molecule has 1 aliphatic rings. The summed E-state index contributed by atoms with van der Waals surface area (Å²) in [6.45, 7) is 4.49. The fraction of sp³-hybridized carbons (Fsp3) is 0.769. The summed E-state index contributed by atoms with van der Waals surface area (Å²) in [7, 11) is 0. The molecule has 0 aromatic carbocycles. The minimum atomic E-state index is 0.311. The molecule has 1 heterocycles. The number of hydrogen-bond acceptors (Lipinski definition) is 2. The molecule has 0 aliphatic heterocycles. The summed E-state index contributed by atoms with van der Waals surface area (Å²) in [5.41, 5.74) is 7.58. The molecule has 0 radical (unpaired) electrons. The predicted octanol–water partition coefficient (Wildman–Crippen LogP) is 2.84. The molecule has 3 atom stereocenters. The van der Waals surface area contributed by atoms with E-state index >= 15 is 0 Å². The maximum Gasteiger partial charge on any atom is 0.0951 e. The predicted molar refractivity (Wildman–Crippen MR) is 66.4 cm³/mol. The lowest BCUT2D eigenvalue weighted by Crippen LogP contribution is -2.35. The second-order valence-electron chi connectivity index (χ2n) is 5.05. The van der Waals surface area contributed by atoms with E-state index in [1.807, 2.05) is 12.5 Å². The van der Waals surface area contributed by atoms with Crippen molar-refractivity contribution < 1.29 is 0 Å². The van der Waals surface area contributed by atoms with Gasteiger partial charge in [-0.1, -0.05) is 26.7 Å². The lowest BCUT2D eigenvalue weighted by Gasteiger charge is -2.31. The first-order valence-corrected chi connectivity index (χ1v) is 6.51. The lowest BCUT2D eigenvalue weighted by atomic mass is 9.90. The first-order chi connectivity index (χ1) is 7.74. The van der Waals surface area contributed by atoms with Crippen LogP contribution in [-0.2, 0) is 0 Å². The molecule has 3 nitrogen and oxygen atoms in total. The van der Waals surface area contributed by atoms with Gasteiger partial charge >= 0.3 is 0 Å². The molecule has 0 spiro atoms. The van der Waals surface area contributed by atoms with Crippen molar-refractivity contribution in [1.29, 1.82) is 0 Å². The van der Waals surface area contributed by atoms with Crippen LogP contribution in [0.25, 0.3) is 0 Å². The van der Waals surface area contributed by atoms with Gasteiger partial charge in [-0.25, -0.2) is 4.98 Å². The van der Waals surface area contributed by atoms with Gasteiger partial charge in [-0.05, 0) is 25.2 Å². The van der Waals surface area contributed by atoms with E-state index in [1.54, 1.807) is 0 Å². The molecular formula is C13H23N3. The lowest BCUT2D eigenvalue weighted by molar-refractivity contribution is 0.298. The molecule has 1 aliphatic carbocycles. The van der Waals surface area contributed by atoms with Gasteiger partial charge in [0.2, 0.25) is 0 Å². The minimum absolute atomic E-state index is 0.311. The minimum Gasteiger partial charge on any atom is -0.330 e. The van der Waals surface area contributed by atoms with Crippen molar-refractivity contribution in [3.63, 3.8) is 0 Å².